The van der Waals surface area contributed by atoms with Gasteiger partial charge in [0.05, 0.1) is 17.7 Å². The molecule has 0 bridgehead atoms. The normalized spacial score (nSPS) is 10.7. The first kappa shape index (κ1) is 11.0. The van der Waals surface area contributed by atoms with Gasteiger partial charge in [-0.25, -0.2) is 4.98 Å². The summed E-state index contributed by atoms with van der Waals surface area (Å²) >= 11 is 1.60. The van der Waals surface area contributed by atoms with E-state index < -0.39 is 0 Å². The number of thiophene rings is 1. The summed E-state index contributed by atoms with van der Waals surface area (Å²) in [7, 11) is 0. The number of hydrogen-bond donors (Lipinski definition) is 0. The minimum Gasteiger partial charge on any atom is -0.461 e. The highest BCUT2D eigenvalue weighted by atomic mass is 32.1. The van der Waals surface area contributed by atoms with Gasteiger partial charge in [-0.3, -0.25) is 4.79 Å². The lowest BCUT2D eigenvalue weighted by Crippen LogP contribution is -2.09. The minimum absolute atomic E-state index is 0.0594. The van der Waals surface area contributed by atoms with Crippen molar-refractivity contribution in [3.63, 3.8) is 0 Å². The summed E-state index contributed by atoms with van der Waals surface area (Å²) in [4.78, 5) is 17.3. The van der Waals surface area contributed by atoms with Crippen molar-refractivity contribution in [1.82, 2.24) is 9.55 Å². The molecule has 0 radical (unpaired) electrons. The van der Waals surface area contributed by atoms with Gasteiger partial charge in [-0.2, -0.15) is 0 Å². The molecule has 0 spiro atoms. The first-order valence-electron chi connectivity index (χ1n) is 5.46. The zero-order valence-corrected chi connectivity index (χ0v) is 10.3. The highest BCUT2D eigenvalue weighted by Gasteiger charge is 2.13. The van der Waals surface area contributed by atoms with Crippen molar-refractivity contribution in [3.05, 3.63) is 54.1 Å². The minimum atomic E-state index is -0.0594. The van der Waals surface area contributed by atoms with Crippen LogP contribution in [-0.2, 0) is 6.54 Å². The molecule has 0 amide bonds. The van der Waals surface area contributed by atoms with Crippen LogP contribution in [0.3, 0.4) is 0 Å². The van der Waals surface area contributed by atoms with Crippen LogP contribution in [0.15, 0.2) is 52.7 Å². The Labute approximate surface area is 108 Å². The number of rotatable bonds is 4. The fourth-order valence-corrected chi connectivity index (χ4v) is 2.47. The molecule has 3 heterocycles. The van der Waals surface area contributed by atoms with Crippen LogP contribution in [0.25, 0.3) is 10.7 Å². The smallest absolute Gasteiger partial charge is 0.217 e. The van der Waals surface area contributed by atoms with Gasteiger partial charge in [-0.15, -0.1) is 11.3 Å². The Balaban J connectivity index is 1.86. The van der Waals surface area contributed by atoms with E-state index >= 15 is 0 Å². The summed E-state index contributed by atoms with van der Waals surface area (Å²) in [6, 6.07) is 7.33. The second-order valence-electron chi connectivity index (χ2n) is 3.76. The average molecular weight is 258 g/mol. The molecule has 90 valence electrons. The zero-order valence-electron chi connectivity index (χ0n) is 9.45. The van der Waals surface area contributed by atoms with Crippen LogP contribution < -0.4 is 0 Å². The van der Waals surface area contributed by atoms with E-state index in [1.54, 1.807) is 35.9 Å². The number of hydrogen-bond acceptors (Lipinski definition) is 4. The van der Waals surface area contributed by atoms with Crippen molar-refractivity contribution in [2.75, 3.05) is 0 Å². The Hall–Kier alpha value is -2.14. The van der Waals surface area contributed by atoms with Crippen molar-refractivity contribution in [2.45, 2.75) is 6.54 Å². The number of imidazole rings is 1. The van der Waals surface area contributed by atoms with Gasteiger partial charge in [0.2, 0.25) is 5.78 Å². The van der Waals surface area contributed by atoms with Crippen LogP contribution in [0, 0.1) is 0 Å². The highest BCUT2D eigenvalue weighted by molar-refractivity contribution is 7.13. The van der Waals surface area contributed by atoms with E-state index in [-0.39, 0.29) is 12.3 Å². The molecule has 0 atom stereocenters. The Morgan fingerprint density at radius 1 is 1.39 bits per heavy atom. The molecule has 3 rings (SSSR count). The summed E-state index contributed by atoms with van der Waals surface area (Å²) in [5.41, 5.74) is 0. The topological polar surface area (TPSA) is 48.0 Å². The van der Waals surface area contributed by atoms with Crippen LogP contribution in [0.4, 0.5) is 0 Å². The molecule has 0 fully saturated rings. The summed E-state index contributed by atoms with van der Waals surface area (Å²) in [5, 5.41) is 1.99. The van der Waals surface area contributed by atoms with Gasteiger partial charge in [0.15, 0.2) is 5.76 Å². The largest absolute Gasteiger partial charge is 0.461 e. The van der Waals surface area contributed by atoms with Gasteiger partial charge >= 0.3 is 0 Å². The lowest BCUT2D eigenvalue weighted by atomic mass is 10.3. The van der Waals surface area contributed by atoms with E-state index in [1.807, 2.05) is 22.1 Å². The van der Waals surface area contributed by atoms with Gasteiger partial charge in [-0.05, 0) is 23.6 Å². The lowest BCUT2D eigenvalue weighted by molar-refractivity contribution is 0.0945. The average Bonchev–Trinajstić information content (AvgIpc) is 3.11. The maximum absolute atomic E-state index is 12.0. The molecule has 0 aromatic carbocycles. The van der Waals surface area contributed by atoms with Gasteiger partial charge in [-0.1, -0.05) is 6.07 Å². The van der Waals surface area contributed by atoms with Crippen LogP contribution in [0.2, 0.25) is 0 Å². The van der Waals surface area contributed by atoms with Crippen LogP contribution in [0.1, 0.15) is 10.6 Å². The van der Waals surface area contributed by atoms with Crippen molar-refractivity contribution in [1.29, 1.82) is 0 Å². The van der Waals surface area contributed by atoms with Gasteiger partial charge < -0.3 is 8.98 Å². The second-order valence-corrected chi connectivity index (χ2v) is 4.70. The molecule has 0 N–H and O–H groups in total. The standard InChI is InChI=1S/C13H10N2O2S/c16-10(11-3-1-7-17-11)9-15-6-5-14-13(15)12-4-2-8-18-12/h1-8H,9H2. The third-order valence-electron chi connectivity index (χ3n) is 2.57. The van der Waals surface area contributed by atoms with Gasteiger partial charge in [0.1, 0.15) is 5.82 Å². The Morgan fingerprint density at radius 3 is 3.06 bits per heavy atom. The Bertz CT molecular complexity index is 638. The number of Topliss-reactive ketones (excluding diaryl/α,β-unsaturated/α-hetero) is 1. The number of aromatic nitrogens is 2. The van der Waals surface area contributed by atoms with Crippen LogP contribution >= 0.6 is 11.3 Å². The molecule has 3 aromatic rings. The molecular formula is C13H10N2O2S. The van der Waals surface area contributed by atoms with Gasteiger partial charge in [0, 0.05) is 12.4 Å². The molecule has 3 aromatic heterocycles. The molecule has 0 saturated heterocycles. The quantitative estimate of drug-likeness (QED) is 0.676. The van der Waals surface area contributed by atoms with E-state index in [4.69, 9.17) is 4.42 Å². The van der Waals surface area contributed by atoms with E-state index in [0.29, 0.717) is 5.76 Å². The molecule has 0 aliphatic rings. The maximum atomic E-state index is 12.0. The molecule has 5 heteroatoms. The van der Waals surface area contributed by atoms with Crippen LogP contribution in [0.5, 0.6) is 0 Å². The number of carbonyl (C=O) groups is 1. The molecular weight excluding hydrogens is 248 g/mol. The second kappa shape index (κ2) is 4.62. The van der Waals surface area contributed by atoms with Crippen molar-refractivity contribution in [2.24, 2.45) is 0 Å². The van der Waals surface area contributed by atoms with Crippen LogP contribution in [-0.4, -0.2) is 15.3 Å². The summed E-state index contributed by atoms with van der Waals surface area (Å²) in [6.07, 6.45) is 5.00. The SMILES string of the molecule is O=C(Cn1ccnc1-c1cccs1)c1ccco1. The summed E-state index contributed by atoms with van der Waals surface area (Å²) < 4.78 is 6.92. The molecule has 0 saturated carbocycles. The third-order valence-corrected chi connectivity index (χ3v) is 3.43. The van der Waals surface area contributed by atoms with Crippen molar-refractivity contribution >= 4 is 17.1 Å². The summed E-state index contributed by atoms with van der Waals surface area (Å²) in [5.74, 6) is 1.13. The lowest BCUT2D eigenvalue weighted by Gasteiger charge is -2.04. The number of ketones is 1. The molecule has 4 nitrogen and oxygen atoms in total. The molecule has 0 aliphatic carbocycles. The fourth-order valence-electron chi connectivity index (χ4n) is 1.74. The monoisotopic (exact) mass is 258 g/mol. The third kappa shape index (κ3) is 2.00. The van der Waals surface area contributed by atoms with Gasteiger partial charge in [0.25, 0.3) is 0 Å². The fraction of sp³-hybridized carbons (Fsp3) is 0.0769. The zero-order chi connectivity index (χ0) is 12.4. The van der Waals surface area contributed by atoms with E-state index in [1.165, 1.54) is 6.26 Å². The van der Waals surface area contributed by atoms with Crippen molar-refractivity contribution < 1.29 is 9.21 Å². The number of carbonyl (C=O) groups excluding carboxylic acids is 1. The van der Waals surface area contributed by atoms with E-state index in [2.05, 4.69) is 4.98 Å². The number of furan rings is 1. The van der Waals surface area contributed by atoms with E-state index in [0.717, 1.165) is 10.7 Å². The molecule has 0 unspecified atom stereocenters. The predicted molar refractivity (Wildman–Crippen MR) is 68.6 cm³/mol. The summed E-state index contributed by atoms with van der Waals surface area (Å²) in [6.45, 7) is 0.237. The first-order chi connectivity index (χ1) is 8.84. The Morgan fingerprint density at radius 2 is 2.33 bits per heavy atom. The number of nitrogens with zero attached hydrogens (tertiary/aromatic N) is 2. The Kier molecular flexibility index (Phi) is 2.82. The van der Waals surface area contributed by atoms with E-state index in [9.17, 15) is 4.79 Å². The highest BCUT2D eigenvalue weighted by Crippen LogP contribution is 2.23. The predicted octanol–water partition coefficient (Wildman–Crippen LogP) is 3.09. The first-order valence-corrected chi connectivity index (χ1v) is 6.34. The molecule has 18 heavy (non-hydrogen) atoms. The van der Waals surface area contributed by atoms with Crippen molar-refractivity contribution in [3.8, 4) is 10.7 Å². The molecule has 0 aliphatic heterocycles. The maximum Gasteiger partial charge on any atom is 0.217 e.